The average Bonchev–Trinajstić information content (AvgIpc) is 3.30. The molecule has 2 aromatic rings. The van der Waals surface area contributed by atoms with Crippen LogP contribution < -0.4 is 4.90 Å². The van der Waals surface area contributed by atoms with E-state index < -0.39 is 0 Å². The Morgan fingerprint density at radius 1 is 1.27 bits per heavy atom. The van der Waals surface area contributed by atoms with Crippen LogP contribution in [0.1, 0.15) is 32.6 Å². The second kappa shape index (κ2) is 9.28. The van der Waals surface area contributed by atoms with Gasteiger partial charge < -0.3 is 9.64 Å². The molecule has 0 spiro atoms. The maximum Gasteiger partial charge on any atom is 0.316 e. The van der Waals surface area contributed by atoms with Crippen molar-refractivity contribution in [1.29, 1.82) is 0 Å². The van der Waals surface area contributed by atoms with Crippen molar-refractivity contribution in [2.24, 2.45) is 0 Å². The molecule has 2 heterocycles. The number of ether oxygens (including phenoxy) is 1. The van der Waals surface area contributed by atoms with Crippen molar-refractivity contribution in [3.8, 4) is 5.69 Å². The molecule has 1 fully saturated rings. The molecule has 0 atom stereocenters. The standard InChI is InChI=1S/C18H23ClN4O2S/c1-2-3-12-25-16(24)13-26-18-21-20-17(22-10-6-7-11-22)23(18)15-9-5-4-8-14(15)19/h4-5,8-9H,2-3,6-7,10-13H2,1H3. The normalized spacial score (nSPS) is 14.0. The summed E-state index contributed by atoms with van der Waals surface area (Å²) in [5.41, 5.74) is 0.822. The Balaban J connectivity index is 1.81. The first-order valence-electron chi connectivity index (χ1n) is 8.94. The Kier molecular flexibility index (Phi) is 6.80. The van der Waals surface area contributed by atoms with Gasteiger partial charge in [-0.05, 0) is 31.4 Å². The van der Waals surface area contributed by atoms with Gasteiger partial charge in [-0.25, -0.2) is 0 Å². The van der Waals surface area contributed by atoms with Crippen molar-refractivity contribution in [3.05, 3.63) is 29.3 Å². The highest BCUT2D eigenvalue weighted by Crippen LogP contribution is 2.31. The fraction of sp³-hybridized carbons (Fsp3) is 0.500. The van der Waals surface area contributed by atoms with Crippen LogP contribution in [0, 0.1) is 0 Å². The minimum absolute atomic E-state index is 0.201. The number of carbonyl (C=O) groups excluding carboxylic acids is 1. The quantitative estimate of drug-likeness (QED) is 0.383. The fourth-order valence-corrected chi connectivity index (χ4v) is 3.78. The highest BCUT2D eigenvalue weighted by atomic mass is 35.5. The van der Waals surface area contributed by atoms with E-state index in [4.69, 9.17) is 16.3 Å². The summed E-state index contributed by atoms with van der Waals surface area (Å²) < 4.78 is 7.17. The summed E-state index contributed by atoms with van der Waals surface area (Å²) in [6, 6.07) is 7.61. The van der Waals surface area contributed by atoms with Gasteiger partial charge >= 0.3 is 5.97 Å². The first-order valence-corrected chi connectivity index (χ1v) is 10.3. The topological polar surface area (TPSA) is 60.2 Å². The molecule has 0 aliphatic carbocycles. The van der Waals surface area contributed by atoms with Crippen LogP contribution in [0.3, 0.4) is 0 Å². The molecule has 6 nitrogen and oxygen atoms in total. The summed E-state index contributed by atoms with van der Waals surface area (Å²) in [5.74, 6) is 0.740. The van der Waals surface area contributed by atoms with Gasteiger partial charge in [0.05, 0.1) is 23.1 Å². The number of para-hydroxylation sites is 1. The molecule has 1 aliphatic rings. The minimum Gasteiger partial charge on any atom is -0.465 e. The van der Waals surface area contributed by atoms with Gasteiger partial charge in [0.25, 0.3) is 0 Å². The molecule has 8 heteroatoms. The van der Waals surface area contributed by atoms with Gasteiger partial charge in [-0.3, -0.25) is 9.36 Å². The Bertz CT molecular complexity index is 747. The summed E-state index contributed by atoms with van der Waals surface area (Å²) in [6.07, 6.45) is 4.16. The smallest absolute Gasteiger partial charge is 0.316 e. The van der Waals surface area contributed by atoms with E-state index >= 15 is 0 Å². The number of thioether (sulfide) groups is 1. The Morgan fingerprint density at radius 3 is 2.77 bits per heavy atom. The van der Waals surface area contributed by atoms with E-state index in [0.29, 0.717) is 16.8 Å². The van der Waals surface area contributed by atoms with Crippen molar-refractivity contribution < 1.29 is 9.53 Å². The number of rotatable bonds is 8. The van der Waals surface area contributed by atoms with Gasteiger partial charge in [0, 0.05) is 13.1 Å². The summed E-state index contributed by atoms with van der Waals surface area (Å²) in [5, 5.41) is 9.96. The first-order chi connectivity index (χ1) is 12.7. The van der Waals surface area contributed by atoms with Crippen LogP contribution in [0.5, 0.6) is 0 Å². The largest absolute Gasteiger partial charge is 0.465 e. The van der Waals surface area contributed by atoms with Crippen LogP contribution in [-0.4, -0.2) is 46.2 Å². The van der Waals surface area contributed by atoms with Gasteiger partial charge in [0.1, 0.15) is 0 Å². The number of unbranched alkanes of at least 4 members (excludes halogenated alkanes) is 1. The zero-order chi connectivity index (χ0) is 18.4. The third kappa shape index (κ3) is 4.51. The van der Waals surface area contributed by atoms with Crippen molar-refractivity contribution in [2.45, 2.75) is 37.8 Å². The predicted octanol–water partition coefficient (Wildman–Crippen LogP) is 3.96. The average molecular weight is 395 g/mol. The zero-order valence-corrected chi connectivity index (χ0v) is 16.4. The third-order valence-electron chi connectivity index (χ3n) is 4.18. The molecule has 1 aliphatic heterocycles. The maximum absolute atomic E-state index is 11.9. The van der Waals surface area contributed by atoms with Crippen LogP contribution in [0.25, 0.3) is 5.69 Å². The van der Waals surface area contributed by atoms with E-state index in [9.17, 15) is 4.79 Å². The molecule has 1 aromatic carbocycles. The first kappa shape index (κ1) is 19.0. The summed E-state index contributed by atoms with van der Waals surface area (Å²) in [4.78, 5) is 14.1. The van der Waals surface area contributed by atoms with Gasteiger partial charge in [0.2, 0.25) is 5.95 Å². The molecule has 3 rings (SSSR count). The van der Waals surface area contributed by atoms with Crippen molar-refractivity contribution in [2.75, 3.05) is 30.3 Å². The predicted molar refractivity (Wildman–Crippen MR) is 104 cm³/mol. The lowest BCUT2D eigenvalue weighted by molar-refractivity contribution is -0.140. The lowest BCUT2D eigenvalue weighted by Crippen LogP contribution is -2.22. The molecule has 0 radical (unpaired) electrons. The van der Waals surface area contributed by atoms with Gasteiger partial charge in [-0.15, -0.1) is 10.2 Å². The van der Waals surface area contributed by atoms with Gasteiger partial charge in [0.15, 0.2) is 5.16 Å². The SMILES string of the molecule is CCCCOC(=O)CSc1nnc(N2CCCC2)n1-c1ccccc1Cl. The number of aromatic nitrogens is 3. The zero-order valence-electron chi connectivity index (χ0n) is 14.9. The second-order valence-electron chi connectivity index (χ2n) is 6.13. The summed E-state index contributed by atoms with van der Waals surface area (Å²) in [7, 11) is 0. The summed E-state index contributed by atoms with van der Waals surface area (Å²) >= 11 is 7.74. The van der Waals surface area contributed by atoms with Crippen molar-refractivity contribution in [3.63, 3.8) is 0 Å². The second-order valence-corrected chi connectivity index (χ2v) is 7.48. The van der Waals surface area contributed by atoms with E-state index in [0.717, 1.165) is 50.4 Å². The molecule has 0 saturated carbocycles. The molecule has 0 N–H and O–H groups in total. The number of anilines is 1. The Hall–Kier alpha value is -1.73. The molecule has 0 unspecified atom stereocenters. The van der Waals surface area contributed by atoms with Crippen LogP contribution in [0.2, 0.25) is 5.02 Å². The maximum atomic E-state index is 11.9. The highest BCUT2D eigenvalue weighted by Gasteiger charge is 2.24. The van der Waals surface area contributed by atoms with E-state index in [1.54, 1.807) is 0 Å². The molecular weight excluding hydrogens is 372 g/mol. The lowest BCUT2D eigenvalue weighted by atomic mass is 10.3. The van der Waals surface area contributed by atoms with E-state index in [-0.39, 0.29) is 11.7 Å². The molecule has 26 heavy (non-hydrogen) atoms. The minimum atomic E-state index is -0.236. The molecule has 0 amide bonds. The number of halogens is 1. The monoisotopic (exact) mass is 394 g/mol. The third-order valence-corrected chi connectivity index (χ3v) is 5.40. The molecule has 1 aromatic heterocycles. The van der Waals surface area contributed by atoms with Crippen LogP contribution in [0.4, 0.5) is 5.95 Å². The molecule has 1 saturated heterocycles. The molecule has 0 bridgehead atoms. The van der Waals surface area contributed by atoms with Crippen LogP contribution >= 0.6 is 23.4 Å². The number of benzene rings is 1. The van der Waals surface area contributed by atoms with Crippen LogP contribution in [0.15, 0.2) is 29.4 Å². The van der Waals surface area contributed by atoms with Gasteiger partial charge in [-0.1, -0.05) is 48.8 Å². The van der Waals surface area contributed by atoms with E-state index in [1.165, 1.54) is 11.8 Å². The van der Waals surface area contributed by atoms with Crippen LogP contribution in [-0.2, 0) is 9.53 Å². The number of hydrogen-bond donors (Lipinski definition) is 0. The number of hydrogen-bond acceptors (Lipinski definition) is 6. The summed E-state index contributed by atoms with van der Waals surface area (Å²) in [6.45, 7) is 4.43. The highest BCUT2D eigenvalue weighted by molar-refractivity contribution is 7.99. The van der Waals surface area contributed by atoms with E-state index in [1.807, 2.05) is 28.8 Å². The lowest BCUT2D eigenvalue weighted by Gasteiger charge is -2.19. The Morgan fingerprint density at radius 2 is 2.04 bits per heavy atom. The van der Waals surface area contributed by atoms with Gasteiger partial charge in [-0.2, -0.15) is 0 Å². The number of nitrogens with zero attached hydrogens (tertiary/aromatic N) is 4. The number of carbonyl (C=O) groups is 1. The number of esters is 1. The fourth-order valence-electron chi connectivity index (χ4n) is 2.82. The van der Waals surface area contributed by atoms with Crippen molar-refractivity contribution in [1.82, 2.24) is 14.8 Å². The molecular formula is C18H23ClN4O2S. The molecule has 140 valence electrons. The Labute approximate surface area is 162 Å². The van der Waals surface area contributed by atoms with Crippen molar-refractivity contribution >= 4 is 35.3 Å². The van der Waals surface area contributed by atoms with E-state index in [2.05, 4.69) is 22.0 Å².